The molecule has 0 bridgehead atoms. The lowest BCUT2D eigenvalue weighted by molar-refractivity contribution is 0.0982. The number of amides is 1. The molecule has 2 aromatic carbocycles. The molecular formula is C24H21Cl2N7O. The van der Waals surface area contributed by atoms with Crippen LogP contribution in [-0.2, 0) is 7.05 Å². The Bertz CT molecular complexity index is 1400. The van der Waals surface area contributed by atoms with Crippen molar-refractivity contribution in [2.24, 2.45) is 7.05 Å². The van der Waals surface area contributed by atoms with Gasteiger partial charge < -0.3 is 10.2 Å². The first-order valence-corrected chi connectivity index (χ1v) is 11.3. The van der Waals surface area contributed by atoms with Crippen molar-refractivity contribution in [2.45, 2.75) is 6.92 Å². The molecule has 0 aliphatic carbocycles. The summed E-state index contributed by atoms with van der Waals surface area (Å²) in [7, 11) is 3.75. The zero-order valence-corrected chi connectivity index (χ0v) is 20.3. The van der Waals surface area contributed by atoms with Crippen LogP contribution in [0.25, 0.3) is 11.1 Å². The maximum Gasteiger partial charge on any atom is 0.265 e. The summed E-state index contributed by atoms with van der Waals surface area (Å²) in [6.07, 6.45) is 5.35. The third-order valence-electron chi connectivity index (χ3n) is 5.67. The zero-order valence-electron chi connectivity index (χ0n) is 18.8. The van der Waals surface area contributed by atoms with E-state index >= 15 is 0 Å². The fourth-order valence-corrected chi connectivity index (χ4v) is 4.64. The number of hydrogen-bond donors (Lipinski definition) is 1. The molecule has 1 amide bonds. The van der Waals surface area contributed by atoms with Gasteiger partial charge in [-0.1, -0.05) is 35.3 Å². The van der Waals surface area contributed by atoms with Gasteiger partial charge >= 0.3 is 0 Å². The Kier molecular flexibility index (Phi) is 5.63. The van der Waals surface area contributed by atoms with Crippen molar-refractivity contribution in [2.75, 3.05) is 28.8 Å². The van der Waals surface area contributed by atoms with Crippen molar-refractivity contribution in [3.05, 3.63) is 76.2 Å². The Morgan fingerprint density at radius 2 is 1.79 bits per heavy atom. The molecule has 5 rings (SSSR count). The molecule has 8 nitrogen and oxygen atoms in total. The van der Waals surface area contributed by atoms with Gasteiger partial charge in [-0.05, 0) is 42.3 Å². The largest absolute Gasteiger partial charge is 0.341 e. The van der Waals surface area contributed by atoms with Gasteiger partial charge in [-0.2, -0.15) is 10.1 Å². The highest BCUT2D eigenvalue weighted by Crippen LogP contribution is 2.37. The van der Waals surface area contributed by atoms with Crippen LogP contribution in [0.1, 0.15) is 15.9 Å². The number of aromatic nitrogens is 4. The fourth-order valence-electron chi connectivity index (χ4n) is 4.04. The Hall–Kier alpha value is -3.62. The molecule has 1 aliphatic heterocycles. The van der Waals surface area contributed by atoms with Crippen LogP contribution in [0.5, 0.6) is 0 Å². The number of halogens is 2. The Labute approximate surface area is 206 Å². The van der Waals surface area contributed by atoms with E-state index in [0.717, 1.165) is 22.4 Å². The second-order valence-corrected chi connectivity index (χ2v) is 8.95. The molecule has 3 heterocycles. The van der Waals surface area contributed by atoms with Crippen molar-refractivity contribution >= 4 is 52.3 Å². The summed E-state index contributed by atoms with van der Waals surface area (Å²) in [5.74, 6) is 0.674. The first-order chi connectivity index (χ1) is 16.3. The molecule has 0 atom stereocenters. The summed E-state index contributed by atoms with van der Waals surface area (Å²) >= 11 is 12.7. The Morgan fingerprint density at radius 1 is 1.03 bits per heavy atom. The van der Waals surface area contributed by atoms with Crippen molar-refractivity contribution in [1.29, 1.82) is 0 Å². The summed E-state index contributed by atoms with van der Waals surface area (Å²) in [4.78, 5) is 25.6. The van der Waals surface area contributed by atoms with Gasteiger partial charge in [0.1, 0.15) is 11.4 Å². The van der Waals surface area contributed by atoms with E-state index in [0.29, 0.717) is 33.1 Å². The summed E-state index contributed by atoms with van der Waals surface area (Å²) < 4.78 is 1.78. The van der Waals surface area contributed by atoms with Crippen molar-refractivity contribution < 1.29 is 4.79 Å². The summed E-state index contributed by atoms with van der Waals surface area (Å²) in [6.45, 7) is 2.30. The lowest BCUT2D eigenvalue weighted by Gasteiger charge is -2.35. The topological polar surface area (TPSA) is 79.2 Å². The van der Waals surface area contributed by atoms with Crippen LogP contribution in [0.3, 0.4) is 0 Å². The van der Waals surface area contributed by atoms with Gasteiger partial charge in [0.2, 0.25) is 5.95 Å². The third-order valence-corrected chi connectivity index (χ3v) is 6.28. The molecule has 0 unspecified atom stereocenters. The van der Waals surface area contributed by atoms with Crippen LogP contribution in [0.4, 0.5) is 23.1 Å². The fraction of sp³-hybridized carbons (Fsp3) is 0.167. The van der Waals surface area contributed by atoms with Crippen molar-refractivity contribution in [3.63, 3.8) is 0 Å². The molecule has 172 valence electrons. The standard InChI is InChI=1S/C24H21Cl2N7O/c1-14-9-16(7-8-17(14)15-10-28-32(3)12-15)29-24-27-11-18-22(30-24)31(2)13-33(23(18)34)21-19(25)5-4-6-20(21)26/h4-12H,13H2,1-3H3,(H,27,29,30). The number of nitrogens with one attached hydrogen (secondary N) is 1. The first-order valence-electron chi connectivity index (χ1n) is 10.5. The molecule has 0 spiro atoms. The van der Waals surface area contributed by atoms with E-state index in [1.807, 2.05) is 56.5 Å². The average molecular weight is 494 g/mol. The second kappa shape index (κ2) is 8.62. The van der Waals surface area contributed by atoms with E-state index in [1.54, 1.807) is 22.9 Å². The molecule has 0 fully saturated rings. The predicted octanol–water partition coefficient (Wildman–Crippen LogP) is 5.29. The van der Waals surface area contributed by atoms with Crippen LogP contribution in [0.2, 0.25) is 10.0 Å². The van der Waals surface area contributed by atoms with E-state index in [2.05, 4.69) is 20.4 Å². The van der Waals surface area contributed by atoms with Gasteiger partial charge in [0.25, 0.3) is 5.91 Å². The molecular weight excluding hydrogens is 473 g/mol. The van der Waals surface area contributed by atoms with Gasteiger partial charge in [-0.15, -0.1) is 0 Å². The van der Waals surface area contributed by atoms with Crippen molar-refractivity contribution in [3.8, 4) is 11.1 Å². The Balaban J connectivity index is 1.41. The smallest absolute Gasteiger partial charge is 0.265 e. The highest BCUT2D eigenvalue weighted by Gasteiger charge is 2.32. The zero-order chi connectivity index (χ0) is 24.0. The number of benzene rings is 2. The molecule has 0 saturated heterocycles. The maximum absolute atomic E-state index is 13.2. The molecule has 1 N–H and O–H groups in total. The van der Waals surface area contributed by atoms with E-state index in [1.165, 1.54) is 11.1 Å². The number of carbonyl (C=O) groups excluding carboxylic acids is 1. The normalized spacial score (nSPS) is 13.3. The third kappa shape index (κ3) is 3.95. The van der Waals surface area contributed by atoms with Gasteiger partial charge in [0.05, 0.1) is 28.6 Å². The number of rotatable bonds is 4. The molecule has 4 aromatic rings. The Morgan fingerprint density at radius 3 is 2.47 bits per heavy atom. The lowest BCUT2D eigenvalue weighted by atomic mass is 10.0. The minimum atomic E-state index is -0.258. The number of carbonyl (C=O) groups is 1. The number of aryl methyl sites for hydroxylation is 2. The summed E-state index contributed by atoms with van der Waals surface area (Å²) in [5, 5.41) is 8.29. The highest BCUT2D eigenvalue weighted by molar-refractivity contribution is 6.40. The molecule has 0 radical (unpaired) electrons. The lowest BCUT2D eigenvalue weighted by Crippen LogP contribution is -2.46. The van der Waals surface area contributed by atoms with Gasteiger partial charge in [0.15, 0.2) is 0 Å². The molecule has 1 aliphatic rings. The number of nitrogens with zero attached hydrogens (tertiary/aromatic N) is 6. The minimum absolute atomic E-state index is 0.255. The quantitative estimate of drug-likeness (QED) is 0.416. The predicted molar refractivity (Wildman–Crippen MR) is 135 cm³/mol. The van der Waals surface area contributed by atoms with Gasteiger partial charge in [0, 0.05) is 37.7 Å². The maximum atomic E-state index is 13.2. The van der Waals surface area contributed by atoms with Crippen LogP contribution in [-0.4, -0.2) is 39.4 Å². The first kappa shape index (κ1) is 22.2. The average Bonchev–Trinajstić information content (AvgIpc) is 3.23. The van der Waals surface area contributed by atoms with Gasteiger partial charge in [-0.25, -0.2) is 4.98 Å². The number of anilines is 4. The highest BCUT2D eigenvalue weighted by atomic mass is 35.5. The number of fused-ring (bicyclic) bond motifs is 1. The summed E-state index contributed by atoms with van der Waals surface area (Å²) in [6, 6.07) is 11.2. The number of para-hydroxylation sites is 1. The van der Waals surface area contributed by atoms with E-state index in [-0.39, 0.29) is 12.6 Å². The van der Waals surface area contributed by atoms with Crippen LogP contribution >= 0.6 is 23.2 Å². The second-order valence-electron chi connectivity index (χ2n) is 8.13. The summed E-state index contributed by atoms with van der Waals surface area (Å²) in [5.41, 5.74) is 4.95. The van der Waals surface area contributed by atoms with Crippen molar-refractivity contribution in [1.82, 2.24) is 19.7 Å². The SMILES string of the molecule is Cc1cc(Nc2ncc3c(n2)N(C)CN(c2c(Cl)cccc2Cl)C3=O)ccc1-c1cnn(C)c1. The van der Waals surface area contributed by atoms with E-state index in [9.17, 15) is 4.79 Å². The molecule has 2 aromatic heterocycles. The van der Waals surface area contributed by atoms with E-state index < -0.39 is 0 Å². The molecule has 34 heavy (non-hydrogen) atoms. The van der Waals surface area contributed by atoms with Crippen LogP contribution in [0, 0.1) is 6.92 Å². The minimum Gasteiger partial charge on any atom is -0.341 e. The van der Waals surface area contributed by atoms with Crippen LogP contribution < -0.4 is 15.1 Å². The van der Waals surface area contributed by atoms with E-state index in [4.69, 9.17) is 23.2 Å². The molecule has 10 heteroatoms. The van der Waals surface area contributed by atoms with Gasteiger partial charge in [-0.3, -0.25) is 14.4 Å². The number of hydrogen-bond acceptors (Lipinski definition) is 6. The van der Waals surface area contributed by atoms with Crippen LogP contribution in [0.15, 0.2) is 55.0 Å². The monoisotopic (exact) mass is 493 g/mol. The molecule has 0 saturated carbocycles.